The first-order chi connectivity index (χ1) is 10.4. The van der Waals surface area contributed by atoms with E-state index in [2.05, 4.69) is 48.2 Å². The Hall–Kier alpha value is -1.69. The van der Waals surface area contributed by atoms with E-state index >= 15 is 0 Å². The summed E-state index contributed by atoms with van der Waals surface area (Å²) in [5.74, 6) is 7.06. The zero-order chi connectivity index (χ0) is 14.5. The van der Waals surface area contributed by atoms with E-state index in [4.69, 9.17) is 5.73 Å². The lowest BCUT2D eigenvalue weighted by Crippen LogP contribution is -1.94. The summed E-state index contributed by atoms with van der Waals surface area (Å²) in [5.41, 5.74) is 10.9. The van der Waals surface area contributed by atoms with Crippen molar-refractivity contribution in [1.29, 1.82) is 0 Å². The molecule has 0 aromatic heterocycles. The van der Waals surface area contributed by atoms with Gasteiger partial charge in [-0.05, 0) is 54.2 Å². The third-order valence-electron chi connectivity index (χ3n) is 3.81. The molecule has 0 saturated carbocycles. The van der Waals surface area contributed by atoms with Crippen LogP contribution in [0.15, 0.2) is 47.4 Å². The summed E-state index contributed by atoms with van der Waals surface area (Å²) in [7, 11) is 0. The predicted octanol–water partition coefficient (Wildman–Crippen LogP) is 3.78. The van der Waals surface area contributed by atoms with E-state index in [1.54, 1.807) is 0 Å². The maximum Gasteiger partial charge on any atom is 0.0555 e. The summed E-state index contributed by atoms with van der Waals surface area (Å²) in [4.78, 5) is 1.36. The second kappa shape index (κ2) is 6.85. The van der Waals surface area contributed by atoms with Crippen LogP contribution >= 0.6 is 11.8 Å². The lowest BCUT2D eigenvalue weighted by Gasteiger charge is -2.07. The van der Waals surface area contributed by atoms with Crippen LogP contribution in [0.2, 0.25) is 0 Å². The molecule has 0 amide bonds. The van der Waals surface area contributed by atoms with Gasteiger partial charge < -0.3 is 5.73 Å². The molecule has 0 aliphatic heterocycles. The molecule has 1 aliphatic carbocycles. The predicted molar refractivity (Wildman–Crippen MR) is 90.4 cm³/mol. The van der Waals surface area contributed by atoms with Crippen molar-refractivity contribution in [1.82, 2.24) is 0 Å². The Balaban J connectivity index is 1.73. The van der Waals surface area contributed by atoms with Crippen LogP contribution in [0.4, 0.5) is 0 Å². The summed E-state index contributed by atoms with van der Waals surface area (Å²) in [5, 5.41) is 0. The number of hydrogen-bond acceptors (Lipinski definition) is 2. The number of thioether (sulfide) groups is 1. The van der Waals surface area contributed by atoms with Gasteiger partial charge in [-0.3, -0.25) is 0 Å². The highest BCUT2D eigenvalue weighted by Gasteiger charge is 2.11. The highest BCUT2D eigenvalue weighted by atomic mass is 32.2. The first-order valence-electron chi connectivity index (χ1n) is 7.38. The Bertz CT molecular complexity index is 694. The largest absolute Gasteiger partial charge is 0.320 e. The fourth-order valence-corrected chi connectivity index (χ4v) is 3.68. The smallest absolute Gasteiger partial charge is 0.0555 e. The van der Waals surface area contributed by atoms with E-state index in [-0.39, 0.29) is 0 Å². The highest BCUT2D eigenvalue weighted by Crippen LogP contribution is 2.29. The molecular weight excluding hydrogens is 274 g/mol. The molecule has 0 heterocycles. The van der Waals surface area contributed by atoms with Gasteiger partial charge in [-0.25, -0.2) is 0 Å². The van der Waals surface area contributed by atoms with Gasteiger partial charge in [-0.1, -0.05) is 36.1 Å². The molecule has 0 atom stereocenters. The van der Waals surface area contributed by atoms with E-state index < -0.39 is 0 Å². The summed E-state index contributed by atoms with van der Waals surface area (Å²) in [6.45, 7) is 0.409. The molecule has 0 unspecified atom stereocenters. The van der Waals surface area contributed by atoms with Crippen molar-refractivity contribution in [3.63, 3.8) is 0 Å². The number of rotatable bonds is 3. The molecule has 2 heteroatoms. The van der Waals surface area contributed by atoms with E-state index in [1.165, 1.54) is 40.8 Å². The Morgan fingerprint density at radius 1 is 1.05 bits per heavy atom. The molecule has 3 rings (SSSR count). The Labute approximate surface area is 130 Å². The minimum atomic E-state index is 0.409. The van der Waals surface area contributed by atoms with Crippen LogP contribution in [0.25, 0.3) is 0 Å². The number of aryl methyl sites for hydroxylation is 2. The zero-order valence-electron chi connectivity index (χ0n) is 12.1. The van der Waals surface area contributed by atoms with Crippen LogP contribution in [0.5, 0.6) is 0 Å². The molecule has 106 valence electrons. The van der Waals surface area contributed by atoms with E-state index in [0.717, 1.165) is 11.3 Å². The van der Waals surface area contributed by atoms with Gasteiger partial charge in [0.15, 0.2) is 0 Å². The summed E-state index contributed by atoms with van der Waals surface area (Å²) in [6, 6.07) is 15.2. The summed E-state index contributed by atoms with van der Waals surface area (Å²) >= 11 is 1.89. The third kappa shape index (κ3) is 3.50. The van der Waals surface area contributed by atoms with Crippen molar-refractivity contribution in [3.8, 4) is 11.8 Å². The lowest BCUT2D eigenvalue weighted by atomic mass is 10.1. The van der Waals surface area contributed by atoms with E-state index in [9.17, 15) is 0 Å². The molecular formula is C19H19NS. The first-order valence-corrected chi connectivity index (χ1v) is 8.37. The van der Waals surface area contributed by atoms with E-state index in [1.807, 2.05) is 17.8 Å². The fourth-order valence-electron chi connectivity index (χ4n) is 2.71. The van der Waals surface area contributed by atoms with Crippen LogP contribution in [0.3, 0.4) is 0 Å². The average molecular weight is 293 g/mol. The topological polar surface area (TPSA) is 26.0 Å². The van der Waals surface area contributed by atoms with Crippen molar-refractivity contribution < 1.29 is 0 Å². The highest BCUT2D eigenvalue weighted by molar-refractivity contribution is 7.98. The van der Waals surface area contributed by atoms with Crippen LogP contribution in [-0.2, 0) is 18.6 Å². The van der Waals surface area contributed by atoms with Crippen molar-refractivity contribution in [2.45, 2.75) is 29.9 Å². The molecule has 1 nitrogen and oxygen atoms in total. The minimum absolute atomic E-state index is 0.409. The Kier molecular flexibility index (Phi) is 4.65. The summed E-state index contributed by atoms with van der Waals surface area (Å²) < 4.78 is 0. The van der Waals surface area contributed by atoms with E-state index in [0.29, 0.717) is 6.54 Å². The van der Waals surface area contributed by atoms with Crippen LogP contribution in [0.1, 0.15) is 28.7 Å². The number of benzene rings is 2. The van der Waals surface area contributed by atoms with Gasteiger partial charge in [0.25, 0.3) is 0 Å². The van der Waals surface area contributed by atoms with Crippen LogP contribution in [-0.4, -0.2) is 6.54 Å². The van der Waals surface area contributed by atoms with Gasteiger partial charge in [0.1, 0.15) is 0 Å². The second-order valence-corrected chi connectivity index (χ2v) is 6.28. The van der Waals surface area contributed by atoms with Gasteiger partial charge >= 0.3 is 0 Å². The number of hydrogen-bond donors (Lipinski definition) is 1. The van der Waals surface area contributed by atoms with Gasteiger partial charge in [-0.15, -0.1) is 11.8 Å². The lowest BCUT2D eigenvalue weighted by molar-refractivity contribution is 0.911. The molecule has 2 N–H and O–H groups in total. The standard InChI is InChI=1S/C19H19NS/c20-12-4-9-15-5-1-2-6-18(15)14-21-19-11-10-16-7-3-8-17(16)13-19/h1-2,5-6,10-11,13H,3,7-8,12,14,20H2. The normalized spacial score (nSPS) is 12.6. The van der Waals surface area contributed by atoms with Crippen LogP contribution in [0, 0.1) is 11.8 Å². The monoisotopic (exact) mass is 293 g/mol. The van der Waals surface area contributed by atoms with Gasteiger partial charge in [0, 0.05) is 16.2 Å². The van der Waals surface area contributed by atoms with Gasteiger partial charge in [0.2, 0.25) is 0 Å². The molecule has 0 saturated heterocycles. The number of fused-ring (bicyclic) bond motifs is 1. The van der Waals surface area contributed by atoms with Crippen molar-refractivity contribution in [2.75, 3.05) is 6.54 Å². The maximum atomic E-state index is 5.46. The van der Waals surface area contributed by atoms with Crippen molar-refractivity contribution in [2.24, 2.45) is 5.73 Å². The Morgan fingerprint density at radius 2 is 1.90 bits per heavy atom. The van der Waals surface area contributed by atoms with Crippen LogP contribution < -0.4 is 5.73 Å². The SMILES string of the molecule is NCC#Cc1ccccc1CSc1ccc2c(c1)CCC2. The van der Waals surface area contributed by atoms with Gasteiger partial charge in [-0.2, -0.15) is 0 Å². The number of nitrogens with two attached hydrogens (primary N) is 1. The maximum absolute atomic E-state index is 5.46. The first kappa shape index (κ1) is 14.3. The summed E-state index contributed by atoms with van der Waals surface area (Å²) in [6.07, 6.45) is 3.79. The average Bonchev–Trinajstić information content (AvgIpc) is 2.99. The minimum Gasteiger partial charge on any atom is -0.320 e. The molecule has 21 heavy (non-hydrogen) atoms. The van der Waals surface area contributed by atoms with Crippen molar-refractivity contribution in [3.05, 3.63) is 64.7 Å². The van der Waals surface area contributed by atoms with Gasteiger partial charge in [0.05, 0.1) is 6.54 Å². The third-order valence-corrected chi connectivity index (χ3v) is 4.85. The molecule has 2 aromatic rings. The Morgan fingerprint density at radius 3 is 2.81 bits per heavy atom. The quantitative estimate of drug-likeness (QED) is 0.688. The molecule has 1 aliphatic rings. The molecule has 2 aromatic carbocycles. The molecule has 0 fully saturated rings. The zero-order valence-corrected chi connectivity index (χ0v) is 12.9. The second-order valence-electron chi connectivity index (χ2n) is 5.24. The molecule has 0 radical (unpaired) electrons. The molecule has 0 bridgehead atoms. The molecule has 0 spiro atoms. The van der Waals surface area contributed by atoms with Crippen molar-refractivity contribution >= 4 is 11.8 Å². The fraction of sp³-hybridized carbons (Fsp3) is 0.263.